The number of rotatable bonds is 5. The summed E-state index contributed by atoms with van der Waals surface area (Å²) >= 11 is 0. The Morgan fingerprint density at radius 1 is 1.31 bits per heavy atom. The molecule has 3 N–H and O–H groups in total. The average molecular weight is 181 g/mol. The molecule has 0 aromatic heterocycles. The van der Waals surface area contributed by atoms with Gasteiger partial charge in [0.15, 0.2) is 5.96 Å². The van der Waals surface area contributed by atoms with Crippen molar-refractivity contribution in [2.45, 2.75) is 44.6 Å². The van der Waals surface area contributed by atoms with E-state index in [2.05, 4.69) is 10.3 Å². The van der Waals surface area contributed by atoms with Crippen molar-refractivity contribution in [1.82, 2.24) is 5.32 Å². The molecule has 0 aromatic rings. The summed E-state index contributed by atoms with van der Waals surface area (Å²) in [6.45, 7) is 0.905. The second kappa shape index (κ2) is 3.99. The fourth-order valence-electron chi connectivity index (χ4n) is 1.47. The van der Waals surface area contributed by atoms with Crippen molar-refractivity contribution >= 4 is 5.96 Å². The van der Waals surface area contributed by atoms with Gasteiger partial charge in [0, 0.05) is 12.6 Å². The average Bonchev–Trinajstić information content (AvgIpc) is 2.92. The first kappa shape index (κ1) is 8.85. The summed E-state index contributed by atoms with van der Waals surface area (Å²) in [5.41, 5.74) is 5.69. The van der Waals surface area contributed by atoms with Gasteiger partial charge in [-0.25, -0.2) is 0 Å². The van der Waals surface area contributed by atoms with E-state index in [0.29, 0.717) is 12.0 Å². The van der Waals surface area contributed by atoms with Crippen LogP contribution in [0.2, 0.25) is 0 Å². The molecule has 2 fully saturated rings. The number of hydrogen-bond acceptors (Lipinski definition) is 1. The summed E-state index contributed by atoms with van der Waals surface area (Å²) in [6, 6.07) is 0.632. The van der Waals surface area contributed by atoms with Gasteiger partial charge in [-0.05, 0) is 31.6 Å². The van der Waals surface area contributed by atoms with Gasteiger partial charge < -0.3 is 11.1 Å². The lowest BCUT2D eigenvalue weighted by molar-refractivity contribution is 0.673. The maximum Gasteiger partial charge on any atom is 0.188 e. The minimum absolute atomic E-state index is 0.632. The first-order valence-corrected chi connectivity index (χ1v) is 5.41. The van der Waals surface area contributed by atoms with E-state index in [0.717, 1.165) is 12.5 Å². The third-order valence-corrected chi connectivity index (χ3v) is 2.68. The molecule has 13 heavy (non-hydrogen) atoms. The van der Waals surface area contributed by atoms with E-state index >= 15 is 0 Å². The van der Waals surface area contributed by atoms with Crippen molar-refractivity contribution in [3.05, 3.63) is 0 Å². The Hall–Kier alpha value is -0.730. The SMILES string of the molecule is NC(=NCCCC1CC1)NC1CC1. The molecule has 0 atom stereocenters. The van der Waals surface area contributed by atoms with Gasteiger partial charge in [0.1, 0.15) is 0 Å². The fourth-order valence-corrected chi connectivity index (χ4v) is 1.47. The van der Waals surface area contributed by atoms with Gasteiger partial charge >= 0.3 is 0 Å². The molecule has 0 heterocycles. The van der Waals surface area contributed by atoms with Gasteiger partial charge in [-0.3, -0.25) is 4.99 Å². The fraction of sp³-hybridized carbons (Fsp3) is 0.900. The topological polar surface area (TPSA) is 50.4 Å². The molecule has 74 valence electrons. The Kier molecular flexibility index (Phi) is 2.71. The predicted octanol–water partition coefficient (Wildman–Crippen LogP) is 1.24. The molecule has 2 saturated carbocycles. The lowest BCUT2D eigenvalue weighted by Gasteiger charge is -2.02. The third-order valence-electron chi connectivity index (χ3n) is 2.68. The lowest BCUT2D eigenvalue weighted by Crippen LogP contribution is -2.33. The van der Waals surface area contributed by atoms with Crippen LogP contribution in [-0.2, 0) is 0 Å². The maximum atomic E-state index is 5.69. The molecule has 2 rings (SSSR count). The Morgan fingerprint density at radius 3 is 2.69 bits per heavy atom. The summed E-state index contributed by atoms with van der Waals surface area (Å²) < 4.78 is 0. The van der Waals surface area contributed by atoms with E-state index in [1.165, 1.54) is 38.5 Å². The van der Waals surface area contributed by atoms with E-state index in [-0.39, 0.29) is 0 Å². The van der Waals surface area contributed by atoms with Crippen molar-refractivity contribution in [1.29, 1.82) is 0 Å². The van der Waals surface area contributed by atoms with Crippen LogP contribution in [0, 0.1) is 5.92 Å². The molecule has 2 aliphatic carbocycles. The van der Waals surface area contributed by atoms with Crippen LogP contribution in [-0.4, -0.2) is 18.5 Å². The number of nitrogens with two attached hydrogens (primary N) is 1. The molecule has 0 radical (unpaired) electrons. The van der Waals surface area contributed by atoms with Gasteiger partial charge in [0.05, 0.1) is 0 Å². The summed E-state index contributed by atoms with van der Waals surface area (Å²) in [5, 5.41) is 3.19. The van der Waals surface area contributed by atoms with E-state index in [4.69, 9.17) is 5.73 Å². The Morgan fingerprint density at radius 2 is 2.08 bits per heavy atom. The summed E-state index contributed by atoms with van der Waals surface area (Å²) in [7, 11) is 0. The smallest absolute Gasteiger partial charge is 0.188 e. The van der Waals surface area contributed by atoms with Gasteiger partial charge in [-0.15, -0.1) is 0 Å². The Balaban J connectivity index is 1.52. The van der Waals surface area contributed by atoms with Crippen LogP contribution in [0.1, 0.15) is 38.5 Å². The largest absolute Gasteiger partial charge is 0.370 e. The van der Waals surface area contributed by atoms with Crippen LogP contribution < -0.4 is 11.1 Å². The molecule has 0 saturated heterocycles. The maximum absolute atomic E-state index is 5.69. The molecule has 0 unspecified atom stereocenters. The van der Waals surface area contributed by atoms with Crippen LogP contribution in [0.4, 0.5) is 0 Å². The van der Waals surface area contributed by atoms with Crippen LogP contribution in [0.3, 0.4) is 0 Å². The van der Waals surface area contributed by atoms with E-state index < -0.39 is 0 Å². The zero-order valence-electron chi connectivity index (χ0n) is 8.13. The predicted molar refractivity (Wildman–Crippen MR) is 54.6 cm³/mol. The standard InChI is InChI=1S/C10H19N3/c11-10(13-9-5-6-9)12-7-1-2-8-3-4-8/h8-9H,1-7H2,(H3,11,12,13). The number of hydrogen-bond donors (Lipinski definition) is 2. The first-order valence-electron chi connectivity index (χ1n) is 5.41. The summed E-state index contributed by atoms with van der Waals surface area (Å²) in [5.74, 6) is 1.67. The minimum Gasteiger partial charge on any atom is -0.370 e. The van der Waals surface area contributed by atoms with Gasteiger partial charge in [0.25, 0.3) is 0 Å². The van der Waals surface area contributed by atoms with Crippen molar-refractivity contribution in [3.8, 4) is 0 Å². The molecular formula is C10H19N3. The van der Waals surface area contributed by atoms with Gasteiger partial charge in [-0.2, -0.15) is 0 Å². The summed E-state index contributed by atoms with van der Waals surface area (Å²) in [4.78, 5) is 4.29. The van der Waals surface area contributed by atoms with E-state index in [9.17, 15) is 0 Å². The number of guanidine groups is 1. The van der Waals surface area contributed by atoms with Gasteiger partial charge in [0.2, 0.25) is 0 Å². The first-order chi connectivity index (χ1) is 6.34. The monoisotopic (exact) mass is 181 g/mol. The number of aliphatic imine (C=N–C) groups is 1. The van der Waals surface area contributed by atoms with E-state index in [1.807, 2.05) is 0 Å². The highest BCUT2D eigenvalue weighted by molar-refractivity contribution is 5.78. The molecule has 0 amide bonds. The molecule has 3 heteroatoms. The van der Waals surface area contributed by atoms with Crippen LogP contribution >= 0.6 is 0 Å². The second-order valence-electron chi connectivity index (χ2n) is 4.27. The third kappa shape index (κ3) is 3.66. The van der Waals surface area contributed by atoms with E-state index in [1.54, 1.807) is 0 Å². The minimum atomic E-state index is 0.632. The molecule has 0 bridgehead atoms. The van der Waals surface area contributed by atoms with Crippen molar-refractivity contribution < 1.29 is 0 Å². The van der Waals surface area contributed by atoms with Gasteiger partial charge in [-0.1, -0.05) is 12.8 Å². The number of nitrogens with one attached hydrogen (secondary N) is 1. The molecule has 0 aromatic carbocycles. The molecule has 2 aliphatic rings. The second-order valence-corrected chi connectivity index (χ2v) is 4.27. The lowest BCUT2D eigenvalue weighted by atomic mass is 10.2. The molecule has 0 aliphatic heterocycles. The number of nitrogens with zero attached hydrogens (tertiary/aromatic N) is 1. The van der Waals surface area contributed by atoms with Crippen LogP contribution in [0.25, 0.3) is 0 Å². The van der Waals surface area contributed by atoms with Crippen molar-refractivity contribution in [3.63, 3.8) is 0 Å². The molecular weight excluding hydrogens is 162 g/mol. The van der Waals surface area contributed by atoms with Crippen LogP contribution in [0.15, 0.2) is 4.99 Å². The van der Waals surface area contributed by atoms with Crippen molar-refractivity contribution in [2.75, 3.05) is 6.54 Å². The highest BCUT2D eigenvalue weighted by atomic mass is 15.1. The quantitative estimate of drug-likeness (QED) is 0.381. The zero-order valence-corrected chi connectivity index (χ0v) is 8.13. The normalized spacial score (nSPS) is 23.2. The zero-order chi connectivity index (χ0) is 9.10. The Labute approximate surface area is 79.8 Å². The Bertz CT molecular complexity index is 192. The highest BCUT2D eigenvalue weighted by Gasteiger charge is 2.21. The van der Waals surface area contributed by atoms with Crippen LogP contribution in [0.5, 0.6) is 0 Å². The molecule has 3 nitrogen and oxygen atoms in total. The summed E-state index contributed by atoms with van der Waals surface area (Å²) in [6.07, 6.45) is 7.97. The highest BCUT2D eigenvalue weighted by Crippen LogP contribution is 2.33. The molecule has 0 spiro atoms. The van der Waals surface area contributed by atoms with Crippen molar-refractivity contribution in [2.24, 2.45) is 16.6 Å².